The van der Waals surface area contributed by atoms with Gasteiger partial charge in [-0.3, -0.25) is 0 Å². The number of hydrogen-bond donors (Lipinski definition) is 1. The lowest BCUT2D eigenvalue weighted by molar-refractivity contribution is 1.34. The number of benzene rings is 2. The summed E-state index contributed by atoms with van der Waals surface area (Å²) in [5.41, 5.74) is 9.41. The Balaban J connectivity index is 2.09. The number of thioether (sulfide) groups is 1. The average Bonchev–Trinajstić information content (AvgIpc) is 2.30. The summed E-state index contributed by atoms with van der Waals surface area (Å²) >= 11 is 5.23. The van der Waals surface area contributed by atoms with E-state index in [0.717, 1.165) is 20.8 Å². The van der Waals surface area contributed by atoms with Crippen molar-refractivity contribution in [1.29, 1.82) is 0 Å². The van der Waals surface area contributed by atoms with Gasteiger partial charge in [-0.1, -0.05) is 45.8 Å². The van der Waals surface area contributed by atoms with Gasteiger partial charge in [-0.15, -0.1) is 11.8 Å². The van der Waals surface area contributed by atoms with Crippen LogP contribution in [0.15, 0.2) is 51.8 Å². The number of rotatable bonds is 3. The maximum atomic E-state index is 5.94. The second kappa shape index (κ2) is 5.61. The lowest BCUT2D eigenvalue weighted by atomic mass is 10.2. The van der Waals surface area contributed by atoms with Crippen LogP contribution in [0.2, 0.25) is 0 Å². The second-order valence-corrected chi connectivity index (χ2v) is 5.89. The molecule has 0 radical (unpaired) electrons. The van der Waals surface area contributed by atoms with Crippen LogP contribution in [0.5, 0.6) is 0 Å². The van der Waals surface area contributed by atoms with Gasteiger partial charge in [0.25, 0.3) is 0 Å². The van der Waals surface area contributed by atoms with Crippen molar-refractivity contribution in [3.8, 4) is 0 Å². The van der Waals surface area contributed by atoms with Crippen LogP contribution in [-0.4, -0.2) is 0 Å². The van der Waals surface area contributed by atoms with Crippen LogP contribution in [0.25, 0.3) is 0 Å². The first kappa shape index (κ1) is 12.5. The molecule has 17 heavy (non-hydrogen) atoms. The molecule has 0 saturated carbocycles. The fraction of sp³-hybridized carbons (Fsp3) is 0.143. The van der Waals surface area contributed by atoms with Crippen LogP contribution in [-0.2, 0) is 5.75 Å². The Bertz CT molecular complexity index is 525. The van der Waals surface area contributed by atoms with E-state index < -0.39 is 0 Å². The Hall–Kier alpha value is -0.930. The Morgan fingerprint density at radius 3 is 2.76 bits per heavy atom. The number of halogens is 1. The molecular formula is C14H14BrNS. The van der Waals surface area contributed by atoms with Gasteiger partial charge in [0, 0.05) is 20.8 Å². The van der Waals surface area contributed by atoms with Crippen LogP contribution in [0.4, 0.5) is 5.69 Å². The summed E-state index contributed by atoms with van der Waals surface area (Å²) in [5.74, 6) is 0.947. The van der Waals surface area contributed by atoms with Crippen LogP contribution >= 0.6 is 27.7 Å². The fourth-order valence-corrected chi connectivity index (χ4v) is 3.06. The third kappa shape index (κ3) is 3.51. The molecular weight excluding hydrogens is 294 g/mol. The molecule has 0 aromatic heterocycles. The predicted molar refractivity (Wildman–Crippen MR) is 79.3 cm³/mol. The summed E-state index contributed by atoms with van der Waals surface area (Å²) in [6, 6.07) is 14.5. The van der Waals surface area contributed by atoms with Gasteiger partial charge in [-0.25, -0.2) is 0 Å². The van der Waals surface area contributed by atoms with Crippen LogP contribution in [0, 0.1) is 6.92 Å². The molecule has 0 spiro atoms. The topological polar surface area (TPSA) is 26.0 Å². The molecule has 0 heterocycles. The number of nitrogens with two attached hydrogens (primary N) is 1. The molecule has 2 rings (SSSR count). The summed E-state index contributed by atoms with van der Waals surface area (Å²) in [6.07, 6.45) is 0. The van der Waals surface area contributed by atoms with Crippen molar-refractivity contribution in [2.45, 2.75) is 17.6 Å². The molecule has 0 fully saturated rings. The van der Waals surface area contributed by atoms with Gasteiger partial charge < -0.3 is 5.73 Å². The van der Waals surface area contributed by atoms with E-state index >= 15 is 0 Å². The first-order valence-corrected chi connectivity index (χ1v) is 7.16. The first-order chi connectivity index (χ1) is 8.15. The number of aryl methyl sites for hydroxylation is 1. The number of anilines is 1. The van der Waals surface area contributed by atoms with Gasteiger partial charge >= 0.3 is 0 Å². The van der Waals surface area contributed by atoms with Gasteiger partial charge in [0.2, 0.25) is 0 Å². The Morgan fingerprint density at radius 2 is 2.00 bits per heavy atom. The van der Waals surface area contributed by atoms with E-state index in [1.165, 1.54) is 11.1 Å². The normalized spacial score (nSPS) is 10.5. The molecule has 2 N–H and O–H groups in total. The van der Waals surface area contributed by atoms with E-state index in [4.69, 9.17) is 5.73 Å². The second-order valence-electron chi connectivity index (χ2n) is 3.96. The monoisotopic (exact) mass is 307 g/mol. The zero-order chi connectivity index (χ0) is 12.3. The largest absolute Gasteiger partial charge is 0.398 e. The molecule has 0 bridgehead atoms. The van der Waals surface area contributed by atoms with Gasteiger partial charge in [0.05, 0.1) is 0 Å². The number of nitrogen functional groups attached to an aromatic ring is 1. The van der Waals surface area contributed by atoms with Crippen molar-refractivity contribution in [3.05, 3.63) is 58.1 Å². The molecule has 1 nitrogen and oxygen atoms in total. The Morgan fingerprint density at radius 1 is 1.18 bits per heavy atom. The van der Waals surface area contributed by atoms with Gasteiger partial charge in [0.15, 0.2) is 0 Å². The highest BCUT2D eigenvalue weighted by Gasteiger charge is 2.02. The van der Waals surface area contributed by atoms with Crippen molar-refractivity contribution in [3.63, 3.8) is 0 Å². The minimum Gasteiger partial charge on any atom is -0.398 e. The van der Waals surface area contributed by atoms with Gasteiger partial charge in [-0.2, -0.15) is 0 Å². The van der Waals surface area contributed by atoms with E-state index in [1.807, 2.05) is 12.1 Å². The highest BCUT2D eigenvalue weighted by Crippen LogP contribution is 2.30. The quantitative estimate of drug-likeness (QED) is 0.661. The molecule has 88 valence electrons. The van der Waals surface area contributed by atoms with E-state index in [9.17, 15) is 0 Å². The van der Waals surface area contributed by atoms with Crippen molar-refractivity contribution >= 4 is 33.4 Å². The SMILES string of the molecule is Cc1cccc(CSc2cc(Br)ccc2N)c1. The Labute approximate surface area is 115 Å². The molecule has 0 aliphatic rings. The average molecular weight is 308 g/mol. The molecule has 0 atom stereocenters. The minimum atomic E-state index is 0.839. The maximum Gasteiger partial charge on any atom is 0.0453 e. The Kier molecular flexibility index (Phi) is 4.13. The van der Waals surface area contributed by atoms with E-state index in [0.29, 0.717) is 0 Å². The molecule has 0 aliphatic carbocycles. The molecule has 3 heteroatoms. The first-order valence-electron chi connectivity index (χ1n) is 5.38. The third-order valence-corrected chi connectivity index (χ3v) is 4.09. The minimum absolute atomic E-state index is 0.839. The molecule has 0 saturated heterocycles. The zero-order valence-corrected chi connectivity index (χ0v) is 12.0. The van der Waals surface area contributed by atoms with Crippen LogP contribution < -0.4 is 5.73 Å². The summed E-state index contributed by atoms with van der Waals surface area (Å²) in [6.45, 7) is 2.11. The van der Waals surface area contributed by atoms with Crippen molar-refractivity contribution < 1.29 is 0 Å². The molecule has 0 unspecified atom stereocenters. The van der Waals surface area contributed by atoms with Crippen molar-refractivity contribution in [2.24, 2.45) is 0 Å². The smallest absolute Gasteiger partial charge is 0.0453 e. The standard InChI is InChI=1S/C14H14BrNS/c1-10-3-2-4-11(7-10)9-17-14-8-12(15)5-6-13(14)16/h2-8H,9,16H2,1H3. The zero-order valence-electron chi connectivity index (χ0n) is 9.61. The van der Waals surface area contributed by atoms with E-state index in [1.54, 1.807) is 11.8 Å². The van der Waals surface area contributed by atoms with E-state index in [-0.39, 0.29) is 0 Å². The fourth-order valence-electron chi connectivity index (χ4n) is 1.60. The summed E-state index contributed by atoms with van der Waals surface area (Å²) < 4.78 is 1.07. The van der Waals surface area contributed by atoms with Crippen LogP contribution in [0.3, 0.4) is 0 Å². The highest BCUT2D eigenvalue weighted by atomic mass is 79.9. The van der Waals surface area contributed by atoms with Crippen molar-refractivity contribution in [2.75, 3.05) is 5.73 Å². The van der Waals surface area contributed by atoms with Gasteiger partial charge in [-0.05, 0) is 30.7 Å². The molecule has 2 aromatic carbocycles. The summed E-state index contributed by atoms with van der Waals surface area (Å²) in [5, 5.41) is 0. The highest BCUT2D eigenvalue weighted by molar-refractivity contribution is 9.10. The molecule has 2 aromatic rings. The predicted octanol–water partition coefficient (Wildman–Crippen LogP) is 4.63. The summed E-state index contributed by atoms with van der Waals surface area (Å²) in [4.78, 5) is 1.13. The maximum absolute atomic E-state index is 5.94. The summed E-state index contributed by atoms with van der Waals surface area (Å²) in [7, 11) is 0. The van der Waals surface area contributed by atoms with Crippen molar-refractivity contribution in [1.82, 2.24) is 0 Å². The molecule has 0 amide bonds. The lowest BCUT2D eigenvalue weighted by Gasteiger charge is -2.06. The molecule has 0 aliphatic heterocycles. The van der Waals surface area contributed by atoms with Crippen LogP contribution in [0.1, 0.15) is 11.1 Å². The van der Waals surface area contributed by atoms with E-state index in [2.05, 4.69) is 53.2 Å². The van der Waals surface area contributed by atoms with Gasteiger partial charge in [0.1, 0.15) is 0 Å². The number of hydrogen-bond acceptors (Lipinski definition) is 2. The third-order valence-electron chi connectivity index (χ3n) is 2.45. The lowest BCUT2D eigenvalue weighted by Crippen LogP contribution is -1.89.